The lowest BCUT2D eigenvalue weighted by Crippen LogP contribution is -2.07. The van der Waals surface area contributed by atoms with Crippen LogP contribution in [0.4, 0.5) is 5.13 Å². The van der Waals surface area contributed by atoms with Crippen molar-refractivity contribution in [2.75, 3.05) is 5.32 Å². The first kappa shape index (κ1) is 16.7. The van der Waals surface area contributed by atoms with Gasteiger partial charge in [-0.2, -0.15) is 0 Å². The normalized spacial score (nSPS) is 10.9. The zero-order valence-corrected chi connectivity index (χ0v) is 14.7. The molecule has 0 unspecified atom stereocenters. The van der Waals surface area contributed by atoms with E-state index in [2.05, 4.69) is 10.3 Å². The van der Waals surface area contributed by atoms with Gasteiger partial charge in [-0.15, -0.1) is 0 Å². The molecule has 1 heterocycles. The number of thiazole rings is 1. The van der Waals surface area contributed by atoms with Crippen molar-refractivity contribution in [1.29, 1.82) is 0 Å². The Morgan fingerprint density at radius 1 is 1.12 bits per heavy atom. The Morgan fingerprint density at radius 3 is 2.67 bits per heavy atom. The highest BCUT2D eigenvalue weighted by Crippen LogP contribution is 2.28. The van der Waals surface area contributed by atoms with Gasteiger partial charge in [-0.3, -0.25) is 10.1 Å². The molecule has 0 bridgehead atoms. The van der Waals surface area contributed by atoms with Crippen LogP contribution in [-0.4, -0.2) is 10.9 Å². The number of halogens is 2. The van der Waals surface area contributed by atoms with Gasteiger partial charge in [0.05, 0.1) is 4.88 Å². The maximum Gasteiger partial charge on any atom is 0.250 e. The smallest absolute Gasteiger partial charge is 0.250 e. The Morgan fingerprint density at radius 2 is 1.92 bits per heavy atom. The van der Waals surface area contributed by atoms with Crippen LogP contribution in [0.3, 0.4) is 0 Å². The number of nitrogens with zero attached hydrogens (tertiary/aromatic N) is 1. The second-order valence-electron chi connectivity index (χ2n) is 4.88. The van der Waals surface area contributed by atoms with Gasteiger partial charge in [-0.05, 0) is 29.3 Å². The number of carbonyl (C=O) groups excluding carboxylic acids is 1. The summed E-state index contributed by atoms with van der Waals surface area (Å²) < 4.78 is 0. The molecule has 0 aliphatic rings. The van der Waals surface area contributed by atoms with Gasteiger partial charge in [0.1, 0.15) is 0 Å². The summed E-state index contributed by atoms with van der Waals surface area (Å²) in [5.74, 6) is -0.269. The first-order valence-electron chi connectivity index (χ1n) is 7.07. The summed E-state index contributed by atoms with van der Waals surface area (Å²) in [6, 6.07) is 15.0. The second-order valence-corrected chi connectivity index (χ2v) is 6.76. The molecule has 0 spiro atoms. The van der Waals surface area contributed by atoms with Gasteiger partial charge in [0.25, 0.3) is 0 Å². The molecule has 1 N–H and O–H groups in total. The summed E-state index contributed by atoms with van der Waals surface area (Å²) in [6.07, 6.45) is 4.80. The summed E-state index contributed by atoms with van der Waals surface area (Å²) in [5.41, 5.74) is 1.79. The van der Waals surface area contributed by atoms with E-state index in [1.54, 1.807) is 30.5 Å². The lowest BCUT2D eigenvalue weighted by atomic mass is 10.2. The summed E-state index contributed by atoms with van der Waals surface area (Å²) in [7, 11) is 0. The van der Waals surface area contributed by atoms with Crippen LogP contribution in [0.5, 0.6) is 0 Å². The Balaban J connectivity index is 1.67. The van der Waals surface area contributed by atoms with E-state index in [0.29, 0.717) is 15.2 Å². The number of benzene rings is 2. The number of amides is 1. The molecule has 1 aromatic heterocycles. The molecule has 1 amide bonds. The fourth-order valence-electron chi connectivity index (χ4n) is 2.02. The van der Waals surface area contributed by atoms with Gasteiger partial charge >= 0.3 is 0 Å². The van der Waals surface area contributed by atoms with Crippen molar-refractivity contribution in [3.05, 3.63) is 76.4 Å². The topological polar surface area (TPSA) is 42.0 Å². The summed E-state index contributed by atoms with van der Waals surface area (Å²) in [6.45, 7) is 0. The molecule has 0 atom stereocenters. The molecule has 0 saturated heterocycles. The fraction of sp³-hybridized carbons (Fsp3) is 0. The van der Waals surface area contributed by atoms with Crippen molar-refractivity contribution in [1.82, 2.24) is 4.98 Å². The molecule has 0 aliphatic heterocycles. The highest BCUT2D eigenvalue weighted by atomic mass is 35.5. The van der Waals surface area contributed by atoms with Crippen molar-refractivity contribution in [2.45, 2.75) is 0 Å². The van der Waals surface area contributed by atoms with E-state index >= 15 is 0 Å². The predicted octanol–water partition coefficient (Wildman–Crippen LogP) is 5.77. The largest absolute Gasteiger partial charge is 0.298 e. The quantitative estimate of drug-likeness (QED) is 0.589. The molecule has 2 aromatic carbocycles. The molecule has 0 fully saturated rings. The lowest BCUT2D eigenvalue weighted by molar-refractivity contribution is -0.111. The molecule has 24 heavy (non-hydrogen) atoms. The molecule has 3 nitrogen and oxygen atoms in total. The van der Waals surface area contributed by atoms with Crippen molar-refractivity contribution in [3.63, 3.8) is 0 Å². The third-order valence-electron chi connectivity index (χ3n) is 3.17. The minimum atomic E-state index is -0.269. The molecule has 0 aliphatic carbocycles. The van der Waals surface area contributed by atoms with Gasteiger partial charge in [-0.1, -0.05) is 70.9 Å². The van der Waals surface area contributed by atoms with E-state index in [0.717, 1.165) is 16.0 Å². The zero-order valence-electron chi connectivity index (χ0n) is 12.4. The second kappa shape index (κ2) is 7.62. The van der Waals surface area contributed by atoms with Crippen LogP contribution in [0.2, 0.25) is 10.0 Å². The highest BCUT2D eigenvalue weighted by molar-refractivity contribution is 7.19. The Bertz CT molecular complexity index is 891. The van der Waals surface area contributed by atoms with Crippen LogP contribution in [0.15, 0.2) is 60.8 Å². The molecule has 0 radical (unpaired) electrons. The average Bonchev–Trinajstić information content (AvgIpc) is 3.03. The zero-order chi connectivity index (χ0) is 16.9. The van der Waals surface area contributed by atoms with Gasteiger partial charge in [0.15, 0.2) is 5.13 Å². The van der Waals surface area contributed by atoms with Crippen LogP contribution >= 0.6 is 34.5 Å². The molecule has 6 heteroatoms. The van der Waals surface area contributed by atoms with Gasteiger partial charge in [0, 0.05) is 22.3 Å². The van der Waals surface area contributed by atoms with E-state index in [9.17, 15) is 4.79 Å². The Hall–Kier alpha value is -2.14. The van der Waals surface area contributed by atoms with Crippen molar-refractivity contribution < 1.29 is 4.79 Å². The van der Waals surface area contributed by atoms with Crippen LogP contribution < -0.4 is 5.32 Å². The average molecular weight is 375 g/mol. The predicted molar refractivity (Wildman–Crippen MR) is 102 cm³/mol. The molecular weight excluding hydrogens is 363 g/mol. The Labute approximate surface area is 153 Å². The highest BCUT2D eigenvalue weighted by Gasteiger charge is 2.06. The first-order chi connectivity index (χ1) is 11.6. The number of anilines is 1. The molecule has 3 aromatic rings. The number of hydrogen-bond donors (Lipinski definition) is 1. The van der Waals surface area contributed by atoms with Crippen molar-refractivity contribution >= 4 is 51.7 Å². The standard InChI is InChI=1S/C18H12Cl2N2OS/c19-14-8-6-12(15(20)10-14)7-9-17(23)22-18-21-11-16(24-18)13-4-2-1-3-5-13/h1-11H,(H,21,22,23)/b9-7+. The molecule has 120 valence electrons. The number of aromatic nitrogens is 1. The maximum absolute atomic E-state index is 12.0. The SMILES string of the molecule is O=C(/C=C/c1ccc(Cl)cc1Cl)Nc1ncc(-c2ccccc2)s1. The Kier molecular flexibility index (Phi) is 5.30. The maximum atomic E-state index is 12.0. The first-order valence-corrected chi connectivity index (χ1v) is 8.64. The fourth-order valence-corrected chi connectivity index (χ4v) is 3.31. The number of nitrogens with one attached hydrogen (secondary N) is 1. The van der Waals surface area contributed by atoms with Gasteiger partial charge in [0.2, 0.25) is 5.91 Å². The van der Waals surface area contributed by atoms with E-state index in [-0.39, 0.29) is 5.91 Å². The monoisotopic (exact) mass is 374 g/mol. The minimum Gasteiger partial charge on any atom is -0.298 e. The molecule has 3 rings (SSSR count). The van der Waals surface area contributed by atoms with Crippen molar-refractivity contribution in [3.8, 4) is 10.4 Å². The van der Waals surface area contributed by atoms with Gasteiger partial charge < -0.3 is 0 Å². The summed E-state index contributed by atoms with van der Waals surface area (Å²) in [5, 5.41) is 4.34. The van der Waals surface area contributed by atoms with E-state index in [1.165, 1.54) is 17.4 Å². The number of hydrogen-bond acceptors (Lipinski definition) is 3. The minimum absolute atomic E-state index is 0.269. The van der Waals surface area contributed by atoms with Crippen LogP contribution in [0, 0.1) is 0 Å². The van der Waals surface area contributed by atoms with Gasteiger partial charge in [-0.25, -0.2) is 4.98 Å². The van der Waals surface area contributed by atoms with Crippen molar-refractivity contribution in [2.24, 2.45) is 0 Å². The number of carbonyl (C=O) groups is 1. The lowest BCUT2D eigenvalue weighted by Gasteiger charge is -1.99. The summed E-state index contributed by atoms with van der Waals surface area (Å²) >= 11 is 13.3. The third-order valence-corrected chi connectivity index (χ3v) is 4.70. The van der Waals surface area contributed by atoms with Crippen LogP contribution in [0.25, 0.3) is 16.5 Å². The van der Waals surface area contributed by atoms with Crippen LogP contribution in [-0.2, 0) is 4.79 Å². The molecule has 0 saturated carbocycles. The molecular formula is C18H12Cl2N2OS. The van der Waals surface area contributed by atoms with Crippen LogP contribution in [0.1, 0.15) is 5.56 Å². The van der Waals surface area contributed by atoms with E-state index in [4.69, 9.17) is 23.2 Å². The third kappa shape index (κ3) is 4.23. The van der Waals surface area contributed by atoms with E-state index < -0.39 is 0 Å². The summed E-state index contributed by atoms with van der Waals surface area (Å²) in [4.78, 5) is 17.2. The number of rotatable bonds is 4. The van der Waals surface area contributed by atoms with E-state index in [1.807, 2.05) is 30.3 Å².